The second kappa shape index (κ2) is 7.62. The molecule has 0 radical (unpaired) electrons. The fourth-order valence-corrected chi connectivity index (χ4v) is 8.43. The summed E-state index contributed by atoms with van der Waals surface area (Å²) in [5, 5.41) is 58.6. The summed E-state index contributed by atoms with van der Waals surface area (Å²) in [5.41, 5.74) is -7.58. The molecule has 0 amide bonds. The Morgan fingerprint density at radius 3 is 2.12 bits per heavy atom. The zero-order valence-electron chi connectivity index (χ0n) is 20.9. The summed E-state index contributed by atoms with van der Waals surface area (Å²) in [6.07, 6.45) is -4.15. The molecule has 9 heteroatoms. The molecule has 0 unspecified atom stereocenters. The van der Waals surface area contributed by atoms with Crippen molar-refractivity contribution in [2.75, 3.05) is 0 Å². The lowest BCUT2D eigenvalue weighted by molar-refractivity contribution is -0.241. The topological polar surface area (TPSA) is 154 Å². The Balaban J connectivity index is 2.05. The molecular weight excluding hydrogens is 444 g/mol. The van der Waals surface area contributed by atoms with Crippen LogP contribution in [0.4, 0.5) is 0 Å². The van der Waals surface area contributed by atoms with Gasteiger partial charge in [0, 0.05) is 36.0 Å². The number of carbonyl (C=O) groups is 2. The first-order valence-corrected chi connectivity index (χ1v) is 12.4. The normalized spacial score (nSPS) is 53.4. The molecule has 2 bridgehead atoms. The first kappa shape index (κ1) is 25.8. The average molecular weight is 485 g/mol. The minimum absolute atomic E-state index is 0.00213. The van der Waals surface area contributed by atoms with Crippen LogP contribution in [0.25, 0.3) is 0 Å². The Bertz CT molecular complexity index is 866. The van der Waals surface area contributed by atoms with Crippen LogP contribution in [-0.4, -0.2) is 78.7 Å². The first-order chi connectivity index (χ1) is 15.5. The minimum Gasteiger partial charge on any atom is -0.458 e. The number of carbonyl (C=O) groups excluding carboxylic acids is 2. The number of fused-ring (bicyclic) bond motifs is 2. The quantitative estimate of drug-likeness (QED) is 0.364. The number of aliphatic hydroxyl groups excluding tert-OH is 2. The maximum absolute atomic E-state index is 12.7. The van der Waals surface area contributed by atoms with Crippen molar-refractivity contribution < 1.29 is 44.6 Å². The summed E-state index contributed by atoms with van der Waals surface area (Å²) < 4.78 is 11.7. The van der Waals surface area contributed by atoms with Gasteiger partial charge in [0.05, 0.1) is 23.4 Å². The molecule has 9 nitrogen and oxygen atoms in total. The zero-order valence-corrected chi connectivity index (χ0v) is 20.9. The lowest BCUT2D eigenvalue weighted by Crippen LogP contribution is -2.65. The highest BCUT2D eigenvalue weighted by molar-refractivity contribution is 5.70. The largest absolute Gasteiger partial charge is 0.458 e. The number of ether oxygens (including phenoxy) is 2. The van der Waals surface area contributed by atoms with Crippen LogP contribution < -0.4 is 0 Å². The number of esters is 2. The van der Waals surface area contributed by atoms with Crippen LogP contribution >= 0.6 is 0 Å². The Hall–Kier alpha value is -1.26. The van der Waals surface area contributed by atoms with Crippen molar-refractivity contribution in [3.8, 4) is 0 Å². The summed E-state index contributed by atoms with van der Waals surface area (Å²) in [6, 6.07) is 0. The third-order valence-electron chi connectivity index (χ3n) is 10.2. The molecule has 1 spiro atoms. The van der Waals surface area contributed by atoms with E-state index in [1.807, 2.05) is 0 Å². The molecule has 194 valence electrons. The third-order valence-corrected chi connectivity index (χ3v) is 10.2. The van der Waals surface area contributed by atoms with Crippen LogP contribution in [0.2, 0.25) is 0 Å². The molecule has 4 fully saturated rings. The van der Waals surface area contributed by atoms with E-state index in [0.717, 1.165) is 0 Å². The molecule has 4 aliphatic carbocycles. The van der Waals surface area contributed by atoms with E-state index in [1.54, 1.807) is 34.6 Å². The van der Waals surface area contributed by atoms with Crippen molar-refractivity contribution in [3.05, 3.63) is 0 Å². The number of hydrogen-bond acceptors (Lipinski definition) is 9. The highest BCUT2D eigenvalue weighted by atomic mass is 16.6. The Labute approximate surface area is 200 Å². The smallest absolute Gasteiger partial charge is 0.305 e. The van der Waals surface area contributed by atoms with E-state index in [4.69, 9.17) is 9.47 Å². The number of aliphatic hydroxyl groups is 5. The predicted octanol–water partition coefficient (Wildman–Crippen LogP) is 0.671. The second-order valence-corrected chi connectivity index (χ2v) is 12.2. The average Bonchev–Trinajstić information content (AvgIpc) is 2.94. The van der Waals surface area contributed by atoms with Gasteiger partial charge >= 0.3 is 11.9 Å². The van der Waals surface area contributed by atoms with Gasteiger partial charge in [0.1, 0.15) is 5.60 Å². The first-order valence-electron chi connectivity index (χ1n) is 12.4. The maximum Gasteiger partial charge on any atom is 0.305 e. The Morgan fingerprint density at radius 1 is 0.941 bits per heavy atom. The zero-order chi connectivity index (χ0) is 25.6. The number of rotatable bonds is 3. The SMILES string of the molecule is CCC(=O)O[C@@H]1[C@@H](OC(C)=O)[C@@]2(O)[C@@H](C[C@H](O)C2(C)C)[C@](C)(O)[C@@H]2CC[C@@H]3[C@@H](O)[C@]12C[C@@]3(C)O. The highest BCUT2D eigenvalue weighted by Gasteiger charge is 2.81. The third kappa shape index (κ3) is 3.03. The van der Waals surface area contributed by atoms with Gasteiger partial charge in [-0.15, -0.1) is 0 Å². The van der Waals surface area contributed by atoms with E-state index in [0.29, 0.717) is 12.8 Å². The van der Waals surface area contributed by atoms with E-state index in [2.05, 4.69) is 0 Å². The minimum atomic E-state index is -1.99. The van der Waals surface area contributed by atoms with Crippen molar-refractivity contribution in [2.45, 2.75) is 115 Å². The van der Waals surface area contributed by atoms with Crippen LogP contribution in [0.5, 0.6) is 0 Å². The van der Waals surface area contributed by atoms with Gasteiger partial charge in [-0.2, -0.15) is 0 Å². The van der Waals surface area contributed by atoms with Gasteiger partial charge in [0.2, 0.25) is 0 Å². The van der Waals surface area contributed by atoms with E-state index >= 15 is 0 Å². The van der Waals surface area contributed by atoms with Gasteiger partial charge in [0.25, 0.3) is 0 Å². The van der Waals surface area contributed by atoms with Crippen molar-refractivity contribution in [1.82, 2.24) is 0 Å². The molecule has 0 saturated heterocycles. The van der Waals surface area contributed by atoms with Crippen molar-refractivity contribution in [3.63, 3.8) is 0 Å². The summed E-state index contributed by atoms with van der Waals surface area (Å²) in [4.78, 5) is 25.1. The van der Waals surface area contributed by atoms with Crippen molar-refractivity contribution >= 4 is 11.9 Å². The maximum atomic E-state index is 12.7. The van der Waals surface area contributed by atoms with Gasteiger partial charge in [-0.1, -0.05) is 20.8 Å². The van der Waals surface area contributed by atoms with Gasteiger partial charge in [0.15, 0.2) is 12.2 Å². The van der Waals surface area contributed by atoms with Crippen molar-refractivity contribution in [2.24, 2.45) is 28.6 Å². The summed E-state index contributed by atoms with van der Waals surface area (Å²) in [6.45, 7) is 9.27. The van der Waals surface area contributed by atoms with Gasteiger partial charge in [-0.3, -0.25) is 9.59 Å². The standard InChI is InChI=1S/C25H40O9/c1-7-17(28)34-19-20(33-12(2)26)25(32)15(10-16(27)21(25,3)4)23(6,31)14-9-8-13-18(29)24(14,19)11-22(13,5)30/h13-16,18-20,27,29-32H,7-11H2,1-6H3/t13-,14+,15+,16+,18-,19-,20-,22-,23-,24-,25+/m1/s1. The molecule has 4 saturated carbocycles. The predicted molar refractivity (Wildman–Crippen MR) is 119 cm³/mol. The van der Waals surface area contributed by atoms with Gasteiger partial charge in [-0.05, 0) is 45.4 Å². The van der Waals surface area contributed by atoms with Crippen LogP contribution in [0, 0.1) is 28.6 Å². The molecule has 11 atom stereocenters. The second-order valence-electron chi connectivity index (χ2n) is 12.2. The van der Waals surface area contributed by atoms with Gasteiger partial charge in [-0.25, -0.2) is 0 Å². The number of hydrogen-bond donors (Lipinski definition) is 5. The molecule has 0 aromatic heterocycles. The highest BCUT2D eigenvalue weighted by Crippen LogP contribution is 2.70. The fraction of sp³-hybridized carbons (Fsp3) is 0.920. The van der Waals surface area contributed by atoms with E-state index in [9.17, 15) is 35.1 Å². The van der Waals surface area contributed by atoms with E-state index < -0.39 is 81.7 Å². The van der Waals surface area contributed by atoms with Gasteiger partial charge < -0.3 is 35.0 Å². The molecule has 5 N–H and O–H groups in total. The van der Waals surface area contributed by atoms with Crippen LogP contribution in [0.15, 0.2) is 0 Å². The Kier molecular flexibility index (Phi) is 5.79. The van der Waals surface area contributed by atoms with E-state index in [1.165, 1.54) is 6.92 Å². The monoisotopic (exact) mass is 484 g/mol. The lowest BCUT2D eigenvalue weighted by Gasteiger charge is -2.52. The molecule has 4 aliphatic rings. The van der Waals surface area contributed by atoms with Crippen LogP contribution in [0.3, 0.4) is 0 Å². The van der Waals surface area contributed by atoms with E-state index in [-0.39, 0.29) is 19.3 Å². The molecular formula is C25H40O9. The molecule has 34 heavy (non-hydrogen) atoms. The Morgan fingerprint density at radius 2 is 1.56 bits per heavy atom. The lowest BCUT2D eigenvalue weighted by atomic mass is 9.56. The molecule has 0 aliphatic heterocycles. The molecule has 0 heterocycles. The van der Waals surface area contributed by atoms with Crippen LogP contribution in [0.1, 0.15) is 73.6 Å². The molecule has 4 rings (SSSR count). The van der Waals surface area contributed by atoms with Crippen LogP contribution in [-0.2, 0) is 19.1 Å². The summed E-state index contributed by atoms with van der Waals surface area (Å²) >= 11 is 0. The fourth-order valence-electron chi connectivity index (χ4n) is 8.43. The molecule has 0 aromatic rings. The van der Waals surface area contributed by atoms with Crippen molar-refractivity contribution in [1.29, 1.82) is 0 Å². The molecule has 0 aromatic carbocycles. The summed E-state index contributed by atoms with van der Waals surface area (Å²) in [5.74, 6) is -3.53. The summed E-state index contributed by atoms with van der Waals surface area (Å²) in [7, 11) is 0.